The molecule has 1 aliphatic carbocycles. The summed E-state index contributed by atoms with van der Waals surface area (Å²) in [5, 5.41) is 0. The average Bonchev–Trinajstić information content (AvgIpc) is 2.69. The van der Waals surface area contributed by atoms with Gasteiger partial charge in [-0.3, -0.25) is 14.1 Å². The zero-order valence-electron chi connectivity index (χ0n) is 18.9. The van der Waals surface area contributed by atoms with E-state index < -0.39 is 26.7 Å². The predicted molar refractivity (Wildman–Crippen MR) is 129 cm³/mol. The van der Waals surface area contributed by atoms with Crippen molar-refractivity contribution in [1.29, 1.82) is 0 Å². The van der Waals surface area contributed by atoms with Crippen LogP contribution in [0.1, 0.15) is 122 Å². The molecule has 31 heavy (non-hydrogen) atoms. The fourth-order valence-electron chi connectivity index (χ4n) is 4.15. The van der Waals surface area contributed by atoms with Crippen molar-refractivity contribution in [3.8, 4) is 0 Å². The van der Waals surface area contributed by atoms with Crippen LogP contribution in [0.3, 0.4) is 0 Å². The van der Waals surface area contributed by atoms with Gasteiger partial charge in [-0.15, -0.1) is 0 Å². The van der Waals surface area contributed by atoms with Crippen LogP contribution in [0.15, 0.2) is 11.0 Å². The fraction of sp³-hybridized carbons (Fsp3) is 0.833. The summed E-state index contributed by atoms with van der Waals surface area (Å²) in [6, 6.07) is 0. The van der Waals surface area contributed by atoms with Gasteiger partial charge < -0.3 is 0 Å². The number of unbranched alkanes of at least 4 members (excludes halogenated alkanes) is 15. The fourth-order valence-corrected chi connectivity index (χ4v) is 4.79. The molecule has 1 rings (SSSR count). The average molecular weight is 467 g/mol. The van der Waals surface area contributed by atoms with Gasteiger partial charge in [0.15, 0.2) is 11.6 Å². The van der Waals surface area contributed by atoms with Gasteiger partial charge in [0, 0.05) is 18.4 Å². The molecule has 0 saturated carbocycles. The first-order valence-electron chi connectivity index (χ1n) is 12.1. The van der Waals surface area contributed by atoms with Crippen LogP contribution in [0, 0.1) is 5.92 Å². The van der Waals surface area contributed by atoms with E-state index >= 15 is 0 Å². The van der Waals surface area contributed by atoms with Crippen molar-refractivity contribution in [3.63, 3.8) is 0 Å². The predicted octanol–water partition coefficient (Wildman–Crippen LogP) is 5.92. The van der Waals surface area contributed by atoms with Crippen LogP contribution in [0.4, 0.5) is 0 Å². The van der Waals surface area contributed by atoms with Gasteiger partial charge in [-0.2, -0.15) is 8.42 Å². The molecule has 0 aromatic carbocycles. The van der Waals surface area contributed by atoms with E-state index in [4.69, 9.17) is 4.55 Å². The maximum absolute atomic E-state index is 12.0. The van der Waals surface area contributed by atoms with Gasteiger partial charge in [-0.05, 0) is 6.42 Å². The van der Waals surface area contributed by atoms with E-state index in [-0.39, 0.29) is 41.8 Å². The molecule has 0 bridgehead atoms. The second-order valence-corrected chi connectivity index (χ2v) is 10.2. The van der Waals surface area contributed by atoms with E-state index in [1.54, 1.807) is 0 Å². The molecule has 0 spiro atoms. The van der Waals surface area contributed by atoms with Gasteiger partial charge >= 0.3 is 29.6 Å². The Balaban J connectivity index is 0.00000900. The molecule has 1 atom stereocenters. The summed E-state index contributed by atoms with van der Waals surface area (Å²) < 4.78 is 31.1. The Morgan fingerprint density at radius 3 is 1.55 bits per heavy atom. The summed E-state index contributed by atoms with van der Waals surface area (Å²) >= 11 is 0. The molecule has 0 amide bonds. The molecule has 1 aliphatic rings. The Morgan fingerprint density at radius 1 is 0.774 bits per heavy atom. The first-order valence-corrected chi connectivity index (χ1v) is 13.6. The first-order chi connectivity index (χ1) is 14.4. The molecular weight excluding hydrogens is 423 g/mol. The van der Waals surface area contributed by atoms with Crippen molar-refractivity contribution in [2.45, 2.75) is 122 Å². The van der Waals surface area contributed by atoms with Gasteiger partial charge in [0.05, 0.1) is 0 Å². The van der Waals surface area contributed by atoms with E-state index in [0.717, 1.165) is 25.3 Å². The van der Waals surface area contributed by atoms with Gasteiger partial charge in [-0.25, -0.2) is 0 Å². The molecule has 0 aliphatic heterocycles. The molecule has 0 radical (unpaired) electrons. The van der Waals surface area contributed by atoms with Crippen molar-refractivity contribution in [1.82, 2.24) is 0 Å². The molecule has 0 heterocycles. The second-order valence-electron chi connectivity index (χ2n) is 8.80. The molecule has 0 fully saturated rings. The van der Waals surface area contributed by atoms with Crippen LogP contribution >= 0.6 is 0 Å². The van der Waals surface area contributed by atoms with Crippen molar-refractivity contribution >= 4 is 51.2 Å². The third-order valence-corrected chi connectivity index (χ3v) is 6.97. The summed E-state index contributed by atoms with van der Waals surface area (Å²) in [5.41, 5.74) is 0. The number of hydrogen-bond donors (Lipinski definition) is 1. The standard InChI is InChI=1S/C24H42O5S.Na.H/c1-2-3-4-5-6-7-8-9-10-11-12-13-14-15-16-17-18-21-19-23(26)24(20-22(21)25)30(27,28)29;;/h20-21H,2-19H2,1H3,(H,27,28,29);;. The normalized spacial score (nSPS) is 16.8. The zero-order valence-corrected chi connectivity index (χ0v) is 19.7. The molecular formula is C24H43NaO5S. The molecule has 176 valence electrons. The van der Waals surface area contributed by atoms with Crippen molar-refractivity contribution in [3.05, 3.63) is 11.0 Å². The maximum atomic E-state index is 12.0. The summed E-state index contributed by atoms with van der Waals surface area (Å²) in [5.74, 6) is -1.45. The number of hydrogen-bond acceptors (Lipinski definition) is 4. The van der Waals surface area contributed by atoms with Crippen LogP contribution in [0.5, 0.6) is 0 Å². The second kappa shape index (κ2) is 18.4. The van der Waals surface area contributed by atoms with Gasteiger partial charge in [-0.1, -0.05) is 110 Å². The van der Waals surface area contributed by atoms with Crippen LogP contribution < -0.4 is 0 Å². The number of allylic oxidation sites excluding steroid dienone is 2. The van der Waals surface area contributed by atoms with Crippen molar-refractivity contribution in [2.24, 2.45) is 5.92 Å². The van der Waals surface area contributed by atoms with Crippen LogP contribution in [0.2, 0.25) is 0 Å². The Bertz CT molecular complexity index is 642. The molecule has 1 unspecified atom stereocenters. The molecule has 1 N–H and O–H groups in total. The monoisotopic (exact) mass is 466 g/mol. The van der Waals surface area contributed by atoms with Crippen LogP contribution in [-0.4, -0.2) is 54.1 Å². The molecule has 0 saturated heterocycles. The number of Topliss-reactive ketones (excluding diaryl/α,β-unsaturated/α-hetero) is 1. The van der Waals surface area contributed by atoms with E-state index in [1.807, 2.05) is 0 Å². The number of carbonyl (C=O) groups is 2. The van der Waals surface area contributed by atoms with Gasteiger partial charge in [0.1, 0.15) is 4.91 Å². The van der Waals surface area contributed by atoms with Gasteiger partial charge in [0.25, 0.3) is 10.1 Å². The Labute approximate surface area is 212 Å². The summed E-state index contributed by atoms with van der Waals surface area (Å²) in [6.07, 6.45) is 21.9. The zero-order chi connectivity index (χ0) is 22.2. The Morgan fingerprint density at radius 2 is 1.16 bits per heavy atom. The SMILES string of the molecule is CCCCCCCCCCCCCCCCCCC1CC(=O)C(S(=O)(=O)O)=CC1=O.[NaH]. The minimum atomic E-state index is -4.59. The van der Waals surface area contributed by atoms with Gasteiger partial charge in [0.2, 0.25) is 0 Å². The summed E-state index contributed by atoms with van der Waals surface area (Å²) in [4.78, 5) is 23.0. The van der Waals surface area contributed by atoms with Crippen LogP contribution in [0.25, 0.3) is 0 Å². The molecule has 0 aromatic rings. The quantitative estimate of drug-likeness (QED) is 0.154. The molecule has 7 heteroatoms. The van der Waals surface area contributed by atoms with E-state index in [0.29, 0.717) is 6.42 Å². The third-order valence-electron chi connectivity index (χ3n) is 6.07. The first kappa shape index (κ1) is 31.0. The van der Waals surface area contributed by atoms with Crippen LogP contribution in [-0.2, 0) is 19.7 Å². The summed E-state index contributed by atoms with van der Waals surface area (Å²) in [7, 11) is -4.59. The molecule has 0 aromatic heterocycles. The third kappa shape index (κ3) is 14.7. The molecule has 5 nitrogen and oxygen atoms in total. The Hall–Kier alpha value is -0.0100. The topological polar surface area (TPSA) is 88.5 Å². The van der Waals surface area contributed by atoms with E-state index in [1.165, 1.54) is 83.5 Å². The Kier molecular flexibility index (Phi) is 18.4. The summed E-state index contributed by atoms with van der Waals surface area (Å²) in [6.45, 7) is 2.26. The van der Waals surface area contributed by atoms with E-state index in [9.17, 15) is 18.0 Å². The number of carbonyl (C=O) groups excluding carboxylic acids is 2. The van der Waals surface area contributed by atoms with Crippen molar-refractivity contribution < 1.29 is 22.6 Å². The number of rotatable bonds is 18. The number of ketones is 2. The minimum absolute atomic E-state index is 0. The van der Waals surface area contributed by atoms with E-state index in [2.05, 4.69) is 6.92 Å². The van der Waals surface area contributed by atoms with Crippen molar-refractivity contribution in [2.75, 3.05) is 0 Å².